The number of carbonyl (C=O) groups is 3. The molecule has 0 saturated heterocycles. The molecule has 0 aliphatic carbocycles. The zero-order valence-electron chi connectivity index (χ0n) is 36.2. The van der Waals surface area contributed by atoms with Gasteiger partial charge < -0.3 is 28.6 Å². The predicted octanol–water partition coefficient (Wildman–Crippen LogP) is 10.4. The van der Waals surface area contributed by atoms with Gasteiger partial charge in [0.25, 0.3) is 0 Å². The molecule has 0 bridgehead atoms. The standard InChI is InChI=1S/C49H77NO7/c1-6-8-10-12-14-16-18-20-21-22-23-24-25-26-28-29-31-33-35-37-39-47(51)56-44-45(43-55-42-41-46(49(53)54)50(3,4)5)57-48(52)40-38-36-34-32-30-27-19-17-15-13-11-9-7-2/h8-11,13-17,19-21,23-24,27,30,32,34,45-46H,6-7,12,18,22,25-26,28-29,31,33,35-44H2,1-5H3/b10-8+,11-9+,15-13+,16-14+,19-17+,21-20+,24-23+,30-27+,34-32+. The number of unbranched alkanes of at least 4 members (excludes halogenated alkanes) is 8. The van der Waals surface area contributed by atoms with Crippen LogP contribution in [0.2, 0.25) is 0 Å². The fraction of sp³-hybridized carbons (Fsp3) is 0.571. The summed E-state index contributed by atoms with van der Waals surface area (Å²) in [6, 6.07) is -0.747. The van der Waals surface area contributed by atoms with Crippen molar-refractivity contribution in [3.05, 3.63) is 109 Å². The summed E-state index contributed by atoms with van der Waals surface area (Å²) in [5, 5.41) is 11.6. The lowest BCUT2D eigenvalue weighted by atomic mass is 10.1. The molecule has 0 N–H and O–H groups in total. The molecule has 0 aliphatic heterocycles. The van der Waals surface area contributed by atoms with Crippen LogP contribution in [0.25, 0.3) is 0 Å². The molecule has 0 spiro atoms. The minimum Gasteiger partial charge on any atom is -0.544 e. The van der Waals surface area contributed by atoms with E-state index in [4.69, 9.17) is 14.2 Å². The summed E-state index contributed by atoms with van der Waals surface area (Å²) in [7, 11) is 5.36. The molecule has 0 aromatic carbocycles. The van der Waals surface area contributed by atoms with Gasteiger partial charge in [-0.3, -0.25) is 9.59 Å². The van der Waals surface area contributed by atoms with Gasteiger partial charge in [0.05, 0.1) is 40.3 Å². The van der Waals surface area contributed by atoms with Crippen molar-refractivity contribution in [3.8, 4) is 0 Å². The van der Waals surface area contributed by atoms with Gasteiger partial charge in [-0.05, 0) is 64.2 Å². The van der Waals surface area contributed by atoms with Crippen molar-refractivity contribution in [3.63, 3.8) is 0 Å². The van der Waals surface area contributed by atoms with Crippen LogP contribution in [0.5, 0.6) is 0 Å². The highest BCUT2D eigenvalue weighted by Crippen LogP contribution is 2.12. The average molecular weight is 792 g/mol. The number of aliphatic carboxylic acids is 1. The van der Waals surface area contributed by atoms with Gasteiger partial charge in [-0.2, -0.15) is 0 Å². The number of ether oxygens (including phenoxy) is 3. The molecular formula is C49H77NO7. The molecule has 0 radical (unpaired) electrons. The average Bonchev–Trinajstić information content (AvgIpc) is 3.17. The van der Waals surface area contributed by atoms with Crippen molar-refractivity contribution in [2.24, 2.45) is 0 Å². The molecule has 0 rings (SSSR count). The second-order valence-electron chi connectivity index (χ2n) is 14.9. The first-order valence-corrected chi connectivity index (χ1v) is 21.5. The number of hydrogen-bond donors (Lipinski definition) is 0. The molecule has 2 atom stereocenters. The van der Waals surface area contributed by atoms with Crippen molar-refractivity contribution in [1.82, 2.24) is 0 Å². The highest BCUT2D eigenvalue weighted by Gasteiger charge is 2.25. The van der Waals surface area contributed by atoms with Gasteiger partial charge in [0.1, 0.15) is 12.6 Å². The number of hydrogen-bond acceptors (Lipinski definition) is 7. The predicted molar refractivity (Wildman–Crippen MR) is 235 cm³/mol. The van der Waals surface area contributed by atoms with E-state index >= 15 is 0 Å². The highest BCUT2D eigenvalue weighted by atomic mass is 16.6. The number of carboxylic acid groups (broad SMARTS) is 1. The number of carbonyl (C=O) groups excluding carboxylic acids is 3. The van der Waals surface area contributed by atoms with Crippen molar-refractivity contribution < 1.29 is 38.2 Å². The van der Waals surface area contributed by atoms with Gasteiger partial charge in [-0.25, -0.2) is 0 Å². The third-order valence-corrected chi connectivity index (χ3v) is 8.78. The molecule has 8 nitrogen and oxygen atoms in total. The van der Waals surface area contributed by atoms with Gasteiger partial charge in [0.2, 0.25) is 0 Å². The summed E-state index contributed by atoms with van der Waals surface area (Å²) >= 11 is 0. The largest absolute Gasteiger partial charge is 0.544 e. The van der Waals surface area contributed by atoms with Crippen LogP contribution in [-0.4, -0.2) is 75.5 Å². The Morgan fingerprint density at radius 1 is 0.544 bits per heavy atom. The first-order valence-electron chi connectivity index (χ1n) is 21.5. The molecule has 0 aromatic heterocycles. The van der Waals surface area contributed by atoms with Crippen molar-refractivity contribution in [2.75, 3.05) is 41.0 Å². The van der Waals surface area contributed by atoms with E-state index in [9.17, 15) is 19.5 Å². The molecule has 320 valence electrons. The number of rotatable bonds is 36. The number of carboxylic acids is 1. The topological polar surface area (TPSA) is 102 Å². The summed E-state index contributed by atoms with van der Waals surface area (Å²) in [5.74, 6) is -1.87. The summed E-state index contributed by atoms with van der Waals surface area (Å²) in [6.07, 6.45) is 52.7. The van der Waals surface area contributed by atoms with E-state index in [1.54, 1.807) is 21.1 Å². The Bertz CT molecular complexity index is 1290. The second kappa shape index (κ2) is 38.8. The van der Waals surface area contributed by atoms with E-state index in [-0.39, 0.29) is 43.1 Å². The molecule has 2 unspecified atom stereocenters. The normalized spacial score (nSPS) is 14.1. The Hall–Kier alpha value is -4.01. The molecule has 57 heavy (non-hydrogen) atoms. The molecule has 0 aromatic rings. The Morgan fingerprint density at radius 2 is 1.04 bits per heavy atom. The Morgan fingerprint density at radius 3 is 1.61 bits per heavy atom. The third kappa shape index (κ3) is 37.3. The number of quaternary nitrogens is 1. The molecule has 0 fully saturated rings. The van der Waals surface area contributed by atoms with Crippen LogP contribution in [0.15, 0.2) is 109 Å². The molecule has 0 heterocycles. The Balaban J connectivity index is 4.45. The van der Waals surface area contributed by atoms with E-state index < -0.39 is 24.1 Å². The lowest BCUT2D eigenvalue weighted by Gasteiger charge is -2.34. The smallest absolute Gasteiger partial charge is 0.306 e. The summed E-state index contributed by atoms with van der Waals surface area (Å²) < 4.78 is 17.0. The first-order chi connectivity index (χ1) is 27.6. The minimum absolute atomic E-state index is 0.000504. The Labute approximate surface area is 347 Å². The fourth-order valence-corrected chi connectivity index (χ4v) is 5.50. The fourth-order valence-electron chi connectivity index (χ4n) is 5.50. The molecule has 0 saturated carbocycles. The van der Waals surface area contributed by atoms with Gasteiger partial charge >= 0.3 is 11.9 Å². The van der Waals surface area contributed by atoms with E-state index in [1.807, 2.05) is 54.7 Å². The van der Waals surface area contributed by atoms with E-state index in [2.05, 4.69) is 68.5 Å². The van der Waals surface area contributed by atoms with Gasteiger partial charge in [0, 0.05) is 19.3 Å². The Kier molecular flexibility index (Phi) is 36.1. The molecule has 0 amide bonds. The number of esters is 2. The monoisotopic (exact) mass is 792 g/mol. The SMILES string of the molecule is CC/C=C/C=C/C=C/C=C/C=C/CCCC(=O)OC(COCCC(C(=O)[O-])[N+](C)(C)C)COC(=O)CCCCCCCCC/C=C/C/C=C/C/C=C/C/C=C/CC. The van der Waals surface area contributed by atoms with E-state index in [0.717, 1.165) is 64.2 Å². The second-order valence-corrected chi connectivity index (χ2v) is 14.9. The number of nitrogens with zero attached hydrogens (tertiary/aromatic N) is 1. The lowest BCUT2D eigenvalue weighted by Crippen LogP contribution is -2.55. The minimum atomic E-state index is -1.14. The number of likely N-dealkylation sites (N-methyl/N-ethyl adjacent to an activating group) is 1. The maximum atomic E-state index is 12.7. The third-order valence-electron chi connectivity index (χ3n) is 8.78. The van der Waals surface area contributed by atoms with Crippen LogP contribution >= 0.6 is 0 Å². The van der Waals surface area contributed by atoms with Crippen molar-refractivity contribution in [2.45, 2.75) is 142 Å². The van der Waals surface area contributed by atoms with Crippen LogP contribution in [0.4, 0.5) is 0 Å². The van der Waals surface area contributed by atoms with Crippen LogP contribution in [-0.2, 0) is 28.6 Å². The molecular weight excluding hydrogens is 715 g/mol. The maximum absolute atomic E-state index is 12.7. The van der Waals surface area contributed by atoms with Crippen LogP contribution in [0.3, 0.4) is 0 Å². The van der Waals surface area contributed by atoms with Crippen LogP contribution < -0.4 is 5.11 Å². The van der Waals surface area contributed by atoms with E-state index in [1.165, 1.54) is 19.3 Å². The highest BCUT2D eigenvalue weighted by molar-refractivity contribution is 5.70. The van der Waals surface area contributed by atoms with Crippen LogP contribution in [0, 0.1) is 0 Å². The molecule has 8 heteroatoms. The van der Waals surface area contributed by atoms with Crippen molar-refractivity contribution >= 4 is 17.9 Å². The lowest BCUT2D eigenvalue weighted by molar-refractivity contribution is -0.889. The van der Waals surface area contributed by atoms with Crippen molar-refractivity contribution in [1.29, 1.82) is 0 Å². The maximum Gasteiger partial charge on any atom is 0.306 e. The quantitative estimate of drug-likeness (QED) is 0.0205. The van der Waals surface area contributed by atoms with Gasteiger partial charge in [-0.1, -0.05) is 155 Å². The van der Waals surface area contributed by atoms with E-state index in [0.29, 0.717) is 19.3 Å². The molecule has 0 aliphatic rings. The summed E-state index contributed by atoms with van der Waals surface area (Å²) in [5.41, 5.74) is 0. The van der Waals surface area contributed by atoms with Gasteiger partial charge in [0.15, 0.2) is 6.10 Å². The summed E-state index contributed by atoms with van der Waals surface area (Å²) in [6.45, 7) is 4.28. The zero-order valence-corrected chi connectivity index (χ0v) is 36.2. The number of allylic oxidation sites excluding steroid dienone is 18. The van der Waals surface area contributed by atoms with Gasteiger partial charge in [-0.15, -0.1) is 0 Å². The summed E-state index contributed by atoms with van der Waals surface area (Å²) in [4.78, 5) is 36.8. The first kappa shape index (κ1) is 53.0. The zero-order chi connectivity index (χ0) is 42.1. The van der Waals surface area contributed by atoms with Crippen LogP contribution in [0.1, 0.15) is 129 Å².